The van der Waals surface area contributed by atoms with Gasteiger partial charge in [-0.05, 0) is 146 Å². The molecule has 0 saturated heterocycles. The number of benzene rings is 11. The van der Waals surface area contributed by atoms with Gasteiger partial charge in [0.25, 0.3) is 0 Å². The van der Waals surface area contributed by atoms with Gasteiger partial charge in [-0.1, -0.05) is 279 Å². The van der Waals surface area contributed by atoms with E-state index in [2.05, 4.69) is 353 Å². The van der Waals surface area contributed by atoms with E-state index >= 15 is 0 Å². The van der Waals surface area contributed by atoms with Gasteiger partial charge in [-0.2, -0.15) is 0 Å². The number of hydrogen-bond donors (Lipinski definition) is 0. The van der Waals surface area contributed by atoms with Crippen LogP contribution in [-0.2, 0) is 86.8 Å². The predicted molar refractivity (Wildman–Crippen MR) is 594 cm³/mol. The third-order valence-electron chi connectivity index (χ3n) is 22.8. The summed E-state index contributed by atoms with van der Waals surface area (Å²) in [6.45, 7) is 41.8. The van der Waals surface area contributed by atoms with Crippen molar-refractivity contribution in [1.82, 2.24) is 39.9 Å². The molecular weight excluding hydrogens is 2510 g/mol. The zero-order valence-electron chi connectivity index (χ0n) is 84.4. The van der Waals surface area contributed by atoms with Crippen LogP contribution in [0.15, 0.2) is 407 Å². The van der Waals surface area contributed by atoms with E-state index in [9.17, 15) is 0 Å². The standard InChI is InChI=1S/C22H24NSi.C21H22NSi.C20H20NSi.C19H26NSi.4C11H8N.4Ir/c1-16-17(2)22(23-15-21(16)24(3,4)5)20-13-9-12-19(14-20)18-10-7-6-8-11-18;1-16-13-20(22-15-21(16)23(2,3)4)19-12-8-11-18(14-19)17-9-6-5-7-10-17;1-22(2,3)20-15-21-19(17-12-8-5-9-13-17)14-18(20)16-10-6-4-7-11-16;1-14(2)10-17-12-18(16-9-7-8-15(3)11-16)20-13-19(17)21(4,5)6;4*1-2-6-10(7-3-1)11-8-4-5-9-12-11;;;;/h6-12,14-15H,1-5H3;5-11,13-15H,1-4H3;4-12,14-15H,1-3H3;7-8,11-14H,10H2,1-6H3;4*1-6,8-9H;;;;/q8*-1;;;;. The minimum atomic E-state index is -1.46. The summed E-state index contributed by atoms with van der Waals surface area (Å²) in [5, 5.41) is 5.77. The molecule has 19 aromatic rings. The Morgan fingerprint density at radius 1 is 0.232 bits per heavy atom. The third-order valence-corrected chi connectivity index (χ3v) is 31.1. The topological polar surface area (TPSA) is 103 Å². The van der Waals surface area contributed by atoms with Crippen molar-refractivity contribution in [3.63, 3.8) is 0 Å². The van der Waals surface area contributed by atoms with Gasteiger partial charge in [-0.25, -0.2) is 0 Å². The van der Waals surface area contributed by atoms with E-state index in [0.29, 0.717) is 5.92 Å². The Hall–Kier alpha value is -11.9. The number of nitrogens with zero attached hydrogens (tertiary/aromatic N) is 8. The molecule has 0 unspecified atom stereocenters. The summed E-state index contributed by atoms with van der Waals surface area (Å²) < 4.78 is 0. The van der Waals surface area contributed by atoms with Gasteiger partial charge < -0.3 is 39.9 Å². The first kappa shape index (κ1) is 115. The van der Waals surface area contributed by atoms with Gasteiger partial charge in [0.15, 0.2) is 0 Å². The van der Waals surface area contributed by atoms with Gasteiger partial charge >= 0.3 is 0 Å². The molecule has 0 fully saturated rings. The average Bonchev–Trinajstić information content (AvgIpc) is 0.873. The molecule has 0 amide bonds. The Bertz CT molecular complexity index is 6470. The zero-order chi connectivity index (χ0) is 97.9. The van der Waals surface area contributed by atoms with E-state index < -0.39 is 32.3 Å². The maximum atomic E-state index is 4.81. The predicted octanol–water partition coefficient (Wildman–Crippen LogP) is 30.0. The van der Waals surface area contributed by atoms with Crippen LogP contribution in [0.1, 0.15) is 41.7 Å². The molecule has 0 aliphatic heterocycles. The minimum absolute atomic E-state index is 0. The molecule has 0 aliphatic carbocycles. The van der Waals surface area contributed by atoms with Gasteiger partial charge in [-0.3, -0.25) is 0 Å². The summed E-state index contributed by atoms with van der Waals surface area (Å²) in [4.78, 5) is 35.8. The Balaban J connectivity index is 0.000000201. The second kappa shape index (κ2) is 57.4. The molecule has 16 heteroatoms. The number of aromatic nitrogens is 8. The van der Waals surface area contributed by atoms with Gasteiger partial charge in [0, 0.05) is 130 Å². The van der Waals surface area contributed by atoms with Crippen molar-refractivity contribution < 1.29 is 80.4 Å². The van der Waals surface area contributed by atoms with Gasteiger partial charge in [-0.15, -0.1) is 286 Å². The summed E-state index contributed by atoms with van der Waals surface area (Å²) >= 11 is 0. The van der Waals surface area contributed by atoms with E-state index in [1.165, 1.54) is 81.9 Å². The first-order chi connectivity index (χ1) is 66.5. The maximum absolute atomic E-state index is 4.81. The van der Waals surface area contributed by atoms with Crippen molar-refractivity contribution in [2.75, 3.05) is 0 Å². The van der Waals surface area contributed by atoms with Crippen LogP contribution in [0.2, 0.25) is 78.6 Å². The molecule has 8 nitrogen and oxygen atoms in total. The van der Waals surface area contributed by atoms with Crippen molar-refractivity contribution in [3.8, 4) is 123 Å². The van der Waals surface area contributed by atoms with Gasteiger partial charge in [0.05, 0.1) is 32.3 Å². The molecular formula is C126H124Ir4N8Si4-8. The smallest absolute Gasteiger partial charge is 0.0803 e. The van der Waals surface area contributed by atoms with Gasteiger partial charge in [0.2, 0.25) is 0 Å². The quantitative estimate of drug-likeness (QED) is 0.0656. The Morgan fingerprint density at radius 2 is 0.542 bits per heavy atom. The number of hydrogen-bond acceptors (Lipinski definition) is 8. The summed E-state index contributed by atoms with van der Waals surface area (Å²) in [5.74, 6) is 0.664. The molecule has 0 saturated carbocycles. The summed E-state index contributed by atoms with van der Waals surface area (Å²) in [6.07, 6.45) is 16.6. The normalized spacial score (nSPS) is 10.6. The molecule has 19 rings (SSSR count). The van der Waals surface area contributed by atoms with Crippen LogP contribution < -0.4 is 20.7 Å². The molecule has 0 aliphatic rings. The van der Waals surface area contributed by atoms with Crippen LogP contribution in [0.3, 0.4) is 0 Å². The summed E-state index contributed by atoms with van der Waals surface area (Å²) in [5.41, 5.74) is 30.5. The van der Waals surface area contributed by atoms with E-state index in [1.54, 1.807) is 24.8 Å². The molecule has 4 radical (unpaired) electrons. The molecule has 8 heterocycles. The number of rotatable bonds is 17. The molecule has 142 heavy (non-hydrogen) atoms. The van der Waals surface area contributed by atoms with E-state index in [-0.39, 0.29) is 80.4 Å². The van der Waals surface area contributed by atoms with Crippen LogP contribution in [0.4, 0.5) is 0 Å². The second-order valence-electron chi connectivity index (χ2n) is 38.2. The van der Waals surface area contributed by atoms with Crippen LogP contribution in [-0.4, -0.2) is 72.2 Å². The van der Waals surface area contributed by atoms with Crippen LogP contribution in [0, 0.1) is 82.1 Å². The van der Waals surface area contributed by atoms with Crippen molar-refractivity contribution in [1.29, 1.82) is 0 Å². The van der Waals surface area contributed by atoms with Crippen LogP contribution in [0.5, 0.6) is 0 Å². The molecule has 0 N–H and O–H groups in total. The molecule has 11 aromatic carbocycles. The molecule has 0 bridgehead atoms. The number of pyridine rings is 8. The van der Waals surface area contributed by atoms with Crippen molar-refractivity contribution >= 4 is 53.0 Å². The van der Waals surface area contributed by atoms with Crippen molar-refractivity contribution in [3.05, 3.63) is 484 Å². The summed E-state index contributed by atoms with van der Waals surface area (Å²) in [6, 6.07) is 146. The average molecular weight is 2630 g/mol. The Labute approximate surface area is 904 Å². The maximum Gasteiger partial charge on any atom is 0.0803 e. The SMILES string of the molecule is C[Si](C)(C)c1cnc(-c2[c-]cccc2)cc1-c1ccccc1.Cc1c([Si](C)(C)C)cnc(-c2[c-]ccc(-c3ccccc3)c2)c1C.Cc1cc(-c2[c-]ccc(-c3ccccc3)c2)ncc1[Si](C)(C)C.Cc1cc[c-]c(-c2cc(CC(C)C)c([Si](C)(C)C)cn2)c1.[Ir].[Ir].[Ir].[Ir].[c-]1ccccc1-c1ccccn1.[c-]1ccccc1-c1ccccn1.[c-]1ccccc1-c1ccccn1.[c-]1ccccc1-c1ccccn1. The van der Waals surface area contributed by atoms with E-state index in [4.69, 9.17) is 19.9 Å². The Morgan fingerprint density at radius 3 is 0.894 bits per heavy atom. The monoisotopic (exact) mass is 2630 g/mol. The molecule has 728 valence electrons. The van der Waals surface area contributed by atoms with E-state index in [1.807, 2.05) is 218 Å². The first-order valence-electron chi connectivity index (χ1n) is 47.1. The fraction of sp³-hybridized carbons (Fsp3) is 0.159. The van der Waals surface area contributed by atoms with E-state index in [0.717, 1.165) is 96.5 Å². The van der Waals surface area contributed by atoms with Crippen molar-refractivity contribution in [2.45, 2.75) is 127 Å². The summed E-state index contributed by atoms with van der Waals surface area (Å²) in [7, 11) is -5.52. The minimum Gasteiger partial charge on any atom is -0.305 e. The van der Waals surface area contributed by atoms with Crippen LogP contribution >= 0.6 is 0 Å². The number of aryl methyl sites for hydroxylation is 2. The first-order valence-corrected chi connectivity index (χ1v) is 61.1. The third kappa shape index (κ3) is 35.3. The zero-order valence-corrected chi connectivity index (χ0v) is 98.0. The fourth-order valence-corrected chi connectivity index (χ4v) is 22.2. The largest absolute Gasteiger partial charge is 0.305 e. The molecule has 0 spiro atoms. The van der Waals surface area contributed by atoms with Gasteiger partial charge in [0.1, 0.15) is 0 Å². The molecule has 8 aromatic heterocycles. The van der Waals surface area contributed by atoms with Crippen LogP contribution in [0.25, 0.3) is 123 Å². The molecule has 0 atom stereocenters. The fourth-order valence-electron chi connectivity index (χ4n) is 15.6. The second-order valence-corrected chi connectivity index (χ2v) is 58.4. The van der Waals surface area contributed by atoms with Crippen molar-refractivity contribution in [2.24, 2.45) is 5.92 Å². The Kier molecular flexibility index (Phi) is 46.6.